The molecule has 10 heteroatoms. The summed E-state index contributed by atoms with van der Waals surface area (Å²) in [5.74, 6) is 0.940. The van der Waals surface area contributed by atoms with Crippen LogP contribution in [0.5, 0.6) is 5.75 Å². The molecule has 2 aliphatic rings. The minimum absolute atomic E-state index is 0.0642. The van der Waals surface area contributed by atoms with E-state index in [4.69, 9.17) is 9.26 Å². The maximum atomic E-state index is 13.4. The number of aromatic nitrogens is 2. The predicted molar refractivity (Wildman–Crippen MR) is 111 cm³/mol. The summed E-state index contributed by atoms with van der Waals surface area (Å²) in [6.45, 7) is 2.19. The Morgan fingerprint density at radius 3 is 2.77 bits per heavy atom. The first kappa shape index (κ1) is 19.6. The van der Waals surface area contributed by atoms with E-state index in [0.717, 1.165) is 5.56 Å². The van der Waals surface area contributed by atoms with Crippen LogP contribution in [0.25, 0.3) is 0 Å². The van der Waals surface area contributed by atoms with E-state index in [9.17, 15) is 13.2 Å². The Balaban J connectivity index is 1.51. The summed E-state index contributed by atoms with van der Waals surface area (Å²) in [6.07, 6.45) is 1.24. The lowest BCUT2D eigenvalue weighted by molar-refractivity contribution is -0.121. The summed E-state index contributed by atoms with van der Waals surface area (Å²) in [6, 6.07) is 12.0. The van der Waals surface area contributed by atoms with Crippen molar-refractivity contribution in [1.82, 2.24) is 10.1 Å². The molecule has 0 spiro atoms. The molecule has 31 heavy (non-hydrogen) atoms. The quantitative estimate of drug-likeness (QED) is 0.599. The number of amides is 1. The number of benzene rings is 2. The lowest BCUT2D eigenvalue weighted by atomic mass is 10.2. The van der Waals surface area contributed by atoms with Gasteiger partial charge in [0.05, 0.1) is 22.8 Å². The summed E-state index contributed by atoms with van der Waals surface area (Å²) >= 11 is 0. The molecule has 1 aromatic heterocycles. The molecular weight excluding hydrogens is 420 g/mol. The number of aryl methyl sites for hydroxylation is 1. The first-order valence-electron chi connectivity index (χ1n) is 9.96. The van der Waals surface area contributed by atoms with E-state index in [1.807, 2.05) is 25.1 Å². The Morgan fingerprint density at radius 1 is 1.13 bits per heavy atom. The molecule has 3 heterocycles. The lowest BCUT2D eigenvalue weighted by Gasteiger charge is -2.29. The molecule has 0 fully saturated rings. The number of sulfonamides is 1. The number of nitrogens with zero attached hydrogens (tertiary/aromatic N) is 4. The van der Waals surface area contributed by atoms with Gasteiger partial charge in [0.1, 0.15) is 5.75 Å². The van der Waals surface area contributed by atoms with Crippen LogP contribution < -0.4 is 13.9 Å². The van der Waals surface area contributed by atoms with Crippen molar-refractivity contribution in [3.8, 4) is 5.75 Å². The molecule has 5 rings (SSSR count). The van der Waals surface area contributed by atoms with Crippen LogP contribution in [0, 0.1) is 0 Å². The van der Waals surface area contributed by atoms with E-state index in [0.29, 0.717) is 48.2 Å². The van der Waals surface area contributed by atoms with Gasteiger partial charge in [0.25, 0.3) is 15.9 Å². The highest BCUT2D eigenvalue weighted by molar-refractivity contribution is 7.92. The molecule has 2 aromatic carbocycles. The lowest BCUT2D eigenvalue weighted by Crippen LogP contribution is -2.39. The average molecular weight is 440 g/mol. The van der Waals surface area contributed by atoms with E-state index in [-0.39, 0.29) is 24.0 Å². The van der Waals surface area contributed by atoms with Gasteiger partial charge in [-0.3, -0.25) is 14.0 Å². The van der Waals surface area contributed by atoms with E-state index < -0.39 is 10.0 Å². The highest BCUT2D eigenvalue weighted by atomic mass is 32.2. The molecule has 1 amide bonds. The van der Waals surface area contributed by atoms with Gasteiger partial charge in [-0.15, -0.1) is 0 Å². The Kier molecular flexibility index (Phi) is 4.66. The molecule has 0 atom stereocenters. The molecule has 0 N–H and O–H groups in total. The first-order chi connectivity index (χ1) is 15.0. The van der Waals surface area contributed by atoms with Crippen molar-refractivity contribution in [3.63, 3.8) is 0 Å². The van der Waals surface area contributed by atoms with E-state index >= 15 is 0 Å². The fourth-order valence-electron chi connectivity index (χ4n) is 3.84. The highest BCUT2D eigenvalue weighted by Crippen LogP contribution is 2.38. The van der Waals surface area contributed by atoms with Gasteiger partial charge < -0.3 is 9.26 Å². The summed E-state index contributed by atoms with van der Waals surface area (Å²) in [5.41, 5.74) is 2.05. The summed E-state index contributed by atoms with van der Waals surface area (Å²) in [7, 11) is -3.81. The van der Waals surface area contributed by atoms with Crippen LogP contribution in [-0.2, 0) is 34.2 Å². The maximum absolute atomic E-state index is 13.4. The zero-order valence-corrected chi connectivity index (χ0v) is 17.6. The van der Waals surface area contributed by atoms with Crippen molar-refractivity contribution >= 4 is 27.3 Å². The van der Waals surface area contributed by atoms with Crippen LogP contribution in [-0.4, -0.2) is 37.6 Å². The standard InChI is InChI=1S/C21H20N4O5S/c1-2-20-22-19(23-30-20)12-24-17-11-15(7-8-18(17)29-13-21(24)26)31(27,28)25-10-9-14-5-3-4-6-16(14)25/h3-8,11H,2,9-10,12-13H2,1H3. The van der Waals surface area contributed by atoms with Crippen LogP contribution >= 0.6 is 0 Å². The van der Waals surface area contributed by atoms with Gasteiger partial charge in [0, 0.05) is 13.0 Å². The number of ether oxygens (including phenoxy) is 1. The van der Waals surface area contributed by atoms with Crippen molar-refractivity contribution in [2.24, 2.45) is 0 Å². The molecule has 9 nitrogen and oxygen atoms in total. The number of carbonyl (C=O) groups is 1. The third-order valence-electron chi connectivity index (χ3n) is 5.42. The zero-order valence-electron chi connectivity index (χ0n) is 16.8. The topological polar surface area (TPSA) is 106 Å². The number of hydrogen-bond acceptors (Lipinski definition) is 7. The molecule has 2 aliphatic heterocycles. The highest BCUT2D eigenvalue weighted by Gasteiger charge is 2.33. The fraction of sp³-hybridized carbons (Fsp3) is 0.286. The predicted octanol–water partition coefficient (Wildman–Crippen LogP) is 2.31. The summed E-state index contributed by atoms with van der Waals surface area (Å²) in [5, 5.41) is 3.90. The van der Waals surface area contributed by atoms with E-state index in [1.54, 1.807) is 12.1 Å². The normalized spacial score (nSPS) is 15.6. The molecule has 0 unspecified atom stereocenters. The minimum atomic E-state index is -3.81. The Morgan fingerprint density at radius 2 is 1.97 bits per heavy atom. The largest absolute Gasteiger partial charge is 0.482 e. The van der Waals surface area contributed by atoms with Crippen LogP contribution in [0.3, 0.4) is 0 Å². The molecule has 0 aliphatic carbocycles. The number of rotatable bonds is 5. The Labute approximate surface area is 179 Å². The van der Waals surface area contributed by atoms with Gasteiger partial charge >= 0.3 is 0 Å². The Hall–Kier alpha value is -3.40. The van der Waals surface area contributed by atoms with Gasteiger partial charge in [-0.05, 0) is 36.2 Å². The smallest absolute Gasteiger partial charge is 0.265 e. The monoisotopic (exact) mass is 440 g/mol. The van der Waals surface area contributed by atoms with Crippen LogP contribution in [0.2, 0.25) is 0 Å². The fourth-order valence-corrected chi connectivity index (χ4v) is 5.36. The van der Waals surface area contributed by atoms with Gasteiger partial charge in [-0.2, -0.15) is 4.98 Å². The van der Waals surface area contributed by atoms with Crippen molar-refractivity contribution < 1.29 is 22.5 Å². The second-order valence-electron chi connectivity index (χ2n) is 7.31. The SMILES string of the molecule is CCc1nc(CN2C(=O)COc3ccc(S(=O)(=O)N4CCc5ccccc54)cc32)no1. The van der Waals surface area contributed by atoms with E-state index in [2.05, 4.69) is 10.1 Å². The van der Waals surface area contributed by atoms with Gasteiger partial charge in [0.2, 0.25) is 5.89 Å². The van der Waals surface area contributed by atoms with Gasteiger partial charge in [-0.25, -0.2) is 8.42 Å². The summed E-state index contributed by atoms with van der Waals surface area (Å²) in [4.78, 5) is 18.3. The minimum Gasteiger partial charge on any atom is -0.482 e. The summed E-state index contributed by atoms with van der Waals surface area (Å²) < 4.78 is 38.9. The van der Waals surface area contributed by atoms with Crippen LogP contribution in [0.1, 0.15) is 24.2 Å². The van der Waals surface area contributed by atoms with Gasteiger partial charge in [-0.1, -0.05) is 30.3 Å². The molecular formula is C21H20N4O5S. The van der Waals surface area contributed by atoms with Crippen molar-refractivity contribution in [2.45, 2.75) is 31.2 Å². The second kappa shape index (κ2) is 7.38. The molecule has 3 aromatic rings. The van der Waals surface area contributed by atoms with Crippen LogP contribution in [0.4, 0.5) is 11.4 Å². The number of para-hydroxylation sites is 1. The van der Waals surface area contributed by atoms with Gasteiger partial charge in [0.15, 0.2) is 12.4 Å². The third-order valence-corrected chi connectivity index (χ3v) is 7.23. The average Bonchev–Trinajstić information content (AvgIpc) is 3.42. The number of anilines is 2. The zero-order chi connectivity index (χ0) is 21.6. The number of carbonyl (C=O) groups excluding carboxylic acids is 1. The molecule has 0 saturated heterocycles. The van der Waals surface area contributed by atoms with Crippen molar-refractivity contribution in [2.75, 3.05) is 22.4 Å². The molecule has 0 radical (unpaired) electrons. The second-order valence-corrected chi connectivity index (χ2v) is 9.17. The number of fused-ring (bicyclic) bond motifs is 2. The number of hydrogen-bond donors (Lipinski definition) is 0. The molecule has 0 saturated carbocycles. The first-order valence-corrected chi connectivity index (χ1v) is 11.4. The van der Waals surface area contributed by atoms with Crippen molar-refractivity contribution in [1.29, 1.82) is 0 Å². The van der Waals surface area contributed by atoms with Crippen LogP contribution in [0.15, 0.2) is 51.9 Å². The van der Waals surface area contributed by atoms with Crippen molar-refractivity contribution in [3.05, 3.63) is 59.7 Å². The third kappa shape index (κ3) is 3.32. The Bertz CT molecular complexity index is 1270. The maximum Gasteiger partial charge on any atom is 0.265 e. The molecule has 160 valence electrons. The molecule has 0 bridgehead atoms. The van der Waals surface area contributed by atoms with E-state index in [1.165, 1.54) is 21.3 Å².